The van der Waals surface area contributed by atoms with E-state index in [1.54, 1.807) is 11.9 Å². The van der Waals surface area contributed by atoms with Crippen LogP contribution in [0.25, 0.3) is 0 Å². The van der Waals surface area contributed by atoms with Crippen LogP contribution in [0.15, 0.2) is 24.3 Å². The van der Waals surface area contributed by atoms with Gasteiger partial charge < -0.3 is 5.11 Å². The molecule has 0 amide bonds. The number of hydrogen-bond donors (Lipinski definition) is 1. The number of benzene rings is 1. The molecule has 1 aromatic rings. The van der Waals surface area contributed by atoms with Gasteiger partial charge in [0.2, 0.25) is 0 Å². The number of aliphatic carboxylic acids is 1. The molecule has 108 valence electrons. The van der Waals surface area contributed by atoms with Crippen LogP contribution in [0.3, 0.4) is 0 Å². The van der Waals surface area contributed by atoms with Crippen molar-refractivity contribution < 1.29 is 23.1 Å². The molecular formula is C12H15ClF3NO2. The lowest BCUT2D eigenvalue weighted by Crippen LogP contribution is -2.35. The lowest BCUT2D eigenvalue weighted by molar-refractivity contribution is -0.142. The molecule has 0 saturated heterocycles. The smallest absolute Gasteiger partial charge is 0.416 e. The highest BCUT2D eigenvalue weighted by Gasteiger charge is 2.30. The molecule has 7 heteroatoms. The monoisotopic (exact) mass is 297 g/mol. The summed E-state index contributed by atoms with van der Waals surface area (Å²) in [6.07, 6.45) is -4.35. The second-order valence-electron chi connectivity index (χ2n) is 4.12. The number of carboxylic acid groups (broad SMARTS) is 1. The molecule has 1 atom stereocenters. The molecule has 0 aliphatic rings. The van der Waals surface area contributed by atoms with Crippen molar-refractivity contribution >= 4 is 18.4 Å². The number of likely N-dealkylation sites (N-methyl/N-ethyl adjacent to an activating group) is 1. The molecule has 0 fully saturated rings. The molecule has 0 radical (unpaired) electrons. The number of nitrogens with zero attached hydrogens (tertiary/aromatic N) is 1. The lowest BCUT2D eigenvalue weighted by atomic mass is 10.1. The van der Waals surface area contributed by atoms with E-state index >= 15 is 0 Å². The minimum Gasteiger partial charge on any atom is -0.480 e. The predicted molar refractivity (Wildman–Crippen MR) is 67.3 cm³/mol. The van der Waals surface area contributed by atoms with Gasteiger partial charge in [-0.15, -0.1) is 12.4 Å². The average molecular weight is 298 g/mol. The maximum atomic E-state index is 12.3. The van der Waals surface area contributed by atoms with Crippen molar-refractivity contribution in [2.45, 2.75) is 25.7 Å². The first-order chi connectivity index (χ1) is 8.21. The Morgan fingerprint density at radius 1 is 1.32 bits per heavy atom. The molecule has 19 heavy (non-hydrogen) atoms. The molecule has 3 nitrogen and oxygen atoms in total. The molecule has 0 saturated carbocycles. The van der Waals surface area contributed by atoms with Crippen molar-refractivity contribution in [3.8, 4) is 0 Å². The van der Waals surface area contributed by atoms with Crippen LogP contribution in [0.1, 0.15) is 18.1 Å². The fourth-order valence-electron chi connectivity index (χ4n) is 1.41. The van der Waals surface area contributed by atoms with Crippen LogP contribution in [-0.4, -0.2) is 29.1 Å². The van der Waals surface area contributed by atoms with E-state index in [2.05, 4.69) is 0 Å². The summed E-state index contributed by atoms with van der Waals surface area (Å²) < 4.78 is 37.0. The maximum Gasteiger partial charge on any atom is 0.416 e. The van der Waals surface area contributed by atoms with Crippen LogP contribution in [0.4, 0.5) is 13.2 Å². The lowest BCUT2D eigenvalue weighted by Gasteiger charge is -2.21. The Labute approximate surface area is 115 Å². The first-order valence-electron chi connectivity index (χ1n) is 5.31. The third kappa shape index (κ3) is 5.08. The summed E-state index contributed by atoms with van der Waals surface area (Å²) in [6, 6.07) is 4.01. The van der Waals surface area contributed by atoms with Gasteiger partial charge in [0.15, 0.2) is 0 Å². The van der Waals surface area contributed by atoms with E-state index in [0.29, 0.717) is 5.56 Å². The van der Waals surface area contributed by atoms with E-state index in [-0.39, 0.29) is 19.0 Å². The Hall–Kier alpha value is -1.27. The number of halogens is 4. The zero-order chi connectivity index (χ0) is 13.9. The Kier molecular flexibility index (Phi) is 6.32. The van der Waals surface area contributed by atoms with Gasteiger partial charge in [0, 0.05) is 6.54 Å². The van der Waals surface area contributed by atoms with Crippen molar-refractivity contribution in [3.05, 3.63) is 35.4 Å². The van der Waals surface area contributed by atoms with E-state index in [9.17, 15) is 18.0 Å². The number of carboxylic acids is 1. The Bertz CT molecular complexity index is 420. The molecule has 0 spiro atoms. The SMILES string of the molecule is CC(C(=O)O)N(C)Cc1ccc(C(F)(F)F)cc1.Cl. The van der Waals surface area contributed by atoms with Gasteiger partial charge in [0.05, 0.1) is 5.56 Å². The summed E-state index contributed by atoms with van der Waals surface area (Å²) in [4.78, 5) is 12.3. The zero-order valence-corrected chi connectivity index (χ0v) is 11.3. The Balaban J connectivity index is 0.00000324. The molecule has 0 aromatic heterocycles. The fraction of sp³-hybridized carbons (Fsp3) is 0.417. The van der Waals surface area contributed by atoms with Gasteiger partial charge in [-0.25, -0.2) is 0 Å². The zero-order valence-electron chi connectivity index (χ0n) is 10.4. The third-order valence-corrected chi connectivity index (χ3v) is 2.73. The maximum absolute atomic E-state index is 12.3. The van der Waals surface area contributed by atoms with E-state index in [4.69, 9.17) is 5.11 Å². The predicted octanol–water partition coefficient (Wildman–Crippen LogP) is 3.03. The van der Waals surface area contributed by atoms with Gasteiger partial charge in [0.25, 0.3) is 0 Å². The van der Waals surface area contributed by atoms with Crippen LogP contribution in [0.2, 0.25) is 0 Å². The summed E-state index contributed by atoms with van der Waals surface area (Å²) in [5, 5.41) is 8.79. The second-order valence-corrected chi connectivity index (χ2v) is 4.12. The molecule has 1 N–H and O–H groups in total. The second kappa shape index (κ2) is 6.77. The topological polar surface area (TPSA) is 40.5 Å². The number of carbonyl (C=O) groups is 1. The van der Waals surface area contributed by atoms with E-state index in [1.807, 2.05) is 0 Å². The van der Waals surface area contributed by atoms with Gasteiger partial charge in [0.1, 0.15) is 6.04 Å². The van der Waals surface area contributed by atoms with Gasteiger partial charge in [-0.2, -0.15) is 13.2 Å². The summed E-state index contributed by atoms with van der Waals surface area (Å²) in [5.41, 5.74) is -0.0706. The summed E-state index contributed by atoms with van der Waals surface area (Å²) in [6.45, 7) is 1.80. The molecule has 0 aliphatic heterocycles. The number of hydrogen-bond acceptors (Lipinski definition) is 2. The molecule has 1 aromatic carbocycles. The summed E-state index contributed by atoms with van der Waals surface area (Å²) in [5.74, 6) is -0.968. The summed E-state index contributed by atoms with van der Waals surface area (Å²) >= 11 is 0. The molecule has 0 heterocycles. The quantitative estimate of drug-likeness (QED) is 0.928. The van der Waals surface area contributed by atoms with Gasteiger partial charge in [-0.1, -0.05) is 12.1 Å². The highest BCUT2D eigenvalue weighted by atomic mass is 35.5. The minimum absolute atomic E-state index is 0. The molecule has 0 bridgehead atoms. The fourth-order valence-corrected chi connectivity index (χ4v) is 1.41. The largest absolute Gasteiger partial charge is 0.480 e. The van der Waals surface area contributed by atoms with Crippen molar-refractivity contribution in [2.24, 2.45) is 0 Å². The van der Waals surface area contributed by atoms with Crippen LogP contribution in [0.5, 0.6) is 0 Å². The average Bonchev–Trinajstić information content (AvgIpc) is 2.27. The Morgan fingerprint density at radius 3 is 2.16 bits per heavy atom. The molecule has 1 rings (SSSR count). The van der Waals surface area contributed by atoms with Crippen molar-refractivity contribution in [1.82, 2.24) is 4.90 Å². The normalized spacial score (nSPS) is 12.9. The molecule has 1 unspecified atom stereocenters. The third-order valence-electron chi connectivity index (χ3n) is 2.73. The summed E-state index contributed by atoms with van der Waals surface area (Å²) in [7, 11) is 1.61. The van der Waals surface area contributed by atoms with Crippen LogP contribution >= 0.6 is 12.4 Å². The van der Waals surface area contributed by atoms with E-state index < -0.39 is 23.8 Å². The number of rotatable bonds is 4. The highest BCUT2D eigenvalue weighted by Crippen LogP contribution is 2.29. The molecular weight excluding hydrogens is 283 g/mol. The number of alkyl halides is 3. The van der Waals surface area contributed by atoms with Crippen molar-refractivity contribution in [3.63, 3.8) is 0 Å². The van der Waals surface area contributed by atoms with Crippen LogP contribution in [-0.2, 0) is 17.5 Å². The van der Waals surface area contributed by atoms with E-state index in [1.165, 1.54) is 19.1 Å². The van der Waals surface area contributed by atoms with Gasteiger partial charge >= 0.3 is 12.1 Å². The van der Waals surface area contributed by atoms with Crippen LogP contribution in [0, 0.1) is 0 Å². The minimum atomic E-state index is -4.35. The van der Waals surface area contributed by atoms with Gasteiger partial charge in [-0.05, 0) is 31.7 Å². The van der Waals surface area contributed by atoms with Crippen molar-refractivity contribution in [2.75, 3.05) is 7.05 Å². The van der Waals surface area contributed by atoms with Crippen molar-refractivity contribution in [1.29, 1.82) is 0 Å². The first kappa shape index (κ1) is 17.7. The first-order valence-corrected chi connectivity index (χ1v) is 5.31. The molecule has 0 aliphatic carbocycles. The standard InChI is InChI=1S/C12H14F3NO2.ClH/c1-8(11(17)18)16(2)7-9-3-5-10(6-4-9)12(13,14)15;/h3-6,8H,7H2,1-2H3,(H,17,18);1H. The van der Waals surface area contributed by atoms with Crippen LogP contribution < -0.4 is 0 Å². The Morgan fingerprint density at radius 2 is 1.79 bits per heavy atom. The van der Waals surface area contributed by atoms with E-state index in [0.717, 1.165) is 12.1 Å². The highest BCUT2D eigenvalue weighted by molar-refractivity contribution is 5.85. The van der Waals surface area contributed by atoms with Gasteiger partial charge in [-0.3, -0.25) is 9.69 Å².